The SMILES string of the molecule is CCn1cc(C(=O)N2C3COCC2C(C)C3)c(=O)c2cc(Cl)ncc21. The molecule has 0 N–H and O–H groups in total. The Balaban J connectivity index is 1.85. The van der Waals surface area contributed by atoms with Crippen molar-refractivity contribution in [1.29, 1.82) is 0 Å². The number of nitrogens with zero attached hydrogens (tertiary/aromatic N) is 3. The average Bonchev–Trinajstić information content (AvgIpc) is 2.79. The van der Waals surface area contributed by atoms with Crippen molar-refractivity contribution in [2.24, 2.45) is 5.92 Å². The average molecular weight is 362 g/mol. The molecule has 2 aromatic heterocycles. The highest BCUT2D eigenvalue weighted by Crippen LogP contribution is 2.34. The maximum absolute atomic E-state index is 13.2. The Kier molecular flexibility index (Phi) is 4.04. The highest BCUT2D eigenvalue weighted by atomic mass is 35.5. The summed E-state index contributed by atoms with van der Waals surface area (Å²) in [6.45, 7) is 5.81. The van der Waals surface area contributed by atoms with Crippen LogP contribution in [0, 0.1) is 5.92 Å². The largest absolute Gasteiger partial charge is 0.377 e. The number of aromatic nitrogens is 2. The number of carbonyl (C=O) groups is 1. The van der Waals surface area contributed by atoms with Crippen LogP contribution in [-0.4, -0.2) is 45.7 Å². The van der Waals surface area contributed by atoms with Crippen LogP contribution in [0.1, 0.15) is 30.6 Å². The van der Waals surface area contributed by atoms with Crippen LogP contribution in [0.5, 0.6) is 0 Å². The Bertz CT molecular complexity index is 910. The molecule has 132 valence electrons. The third kappa shape index (κ3) is 2.55. The number of fused-ring (bicyclic) bond motifs is 3. The molecule has 6 nitrogen and oxygen atoms in total. The standard InChI is InChI=1S/C18H20ClN3O3/c1-3-21-7-13(17(23)12-5-16(19)20-6-14(12)21)18(24)22-11-4-10(2)15(22)9-25-8-11/h5-7,10-11,15H,3-4,8-9H2,1-2H3. The van der Waals surface area contributed by atoms with Gasteiger partial charge in [-0.05, 0) is 25.3 Å². The third-order valence-electron chi connectivity index (χ3n) is 5.39. The molecule has 4 rings (SSSR count). The summed E-state index contributed by atoms with van der Waals surface area (Å²) in [5.41, 5.74) is 0.599. The van der Waals surface area contributed by atoms with Crippen LogP contribution in [0.3, 0.4) is 0 Å². The smallest absolute Gasteiger partial charge is 0.260 e. The van der Waals surface area contributed by atoms with Crippen molar-refractivity contribution >= 4 is 28.4 Å². The summed E-state index contributed by atoms with van der Waals surface area (Å²) >= 11 is 5.97. The number of hydrogen-bond donors (Lipinski definition) is 0. The first kappa shape index (κ1) is 16.5. The molecule has 0 saturated carbocycles. The van der Waals surface area contributed by atoms with Crippen LogP contribution in [0.25, 0.3) is 10.9 Å². The van der Waals surface area contributed by atoms with Crippen LogP contribution < -0.4 is 5.43 Å². The minimum atomic E-state index is -0.285. The molecule has 2 aliphatic heterocycles. The third-order valence-corrected chi connectivity index (χ3v) is 5.60. The first-order valence-corrected chi connectivity index (χ1v) is 8.98. The van der Waals surface area contributed by atoms with Gasteiger partial charge in [0, 0.05) is 12.7 Å². The molecule has 0 aliphatic carbocycles. The molecule has 7 heteroatoms. The number of halogens is 1. The lowest BCUT2D eigenvalue weighted by Gasteiger charge is -2.35. The van der Waals surface area contributed by atoms with Gasteiger partial charge in [0.05, 0.1) is 42.4 Å². The number of carbonyl (C=O) groups excluding carboxylic acids is 1. The maximum atomic E-state index is 13.2. The zero-order valence-corrected chi connectivity index (χ0v) is 15.0. The Morgan fingerprint density at radius 1 is 1.44 bits per heavy atom. The van der Waals surface area contributed by atoms with Crippen molar-refractivity contribution in [3.8, 4) is 0 Å². The summed E-state index contributed by atoms with van der Waals surface area (Å²) in [6.07, 6.45) is 4.15. The number of pyridine rings is 2. The van der Waals surface area contributed by atoms with Gasteiger partial charge in [0.1, 0.15) is 10.7 Å². The van der Waals surface area contributed by atoms with Gasteiger partial charge in [-0.3, -0.25) is 9.59 Å². The quantitative estimate of drug-likeness (QED) is 0.770. The first-order valence-electron chi connectivity index (χ1n) is 8.60. The van der Waals surface area contributed by atoms with Crippen molar-refractivity contribution in [2.75, 3.05) is 13.2 Å². The maximum Gasteiger partial charge on any atom is 0.260 e. The molecule has 2 saturated heterocycles. The van der Waals surface area contributed by atoms with Gasteiger partial charge in [-0.25, -0.2) is 4.98 Å². The Labute approximate surface area is 150 Å². The molecule has 0 radical (unpaired) electrons. The van der Waals surface area contributed by atoms with Gasteiger partial charge in [0.15, 0.2) is 0 Å². The summed E-state index contributed by atoms with van der Waals surface area (Å²) in [7, 11) is 0. The molecule has 2 bridgehead atoms. The van der Waals surface area contributed by atoms with Gasteiger partial charge in [0.25, 0.3) is 5.91 Å². The predicted molar refractivity (Wildman–Crippen MR) is 95.0 cm³/mol. The molecule has 3 atom stereocenters. The van der Waals surface area contributed by atoms with Gasteiger partial charge < -0.3 is 14.2 Å². The van der Waals surface area contributed by atoms with E-state index in [1.54, 1.807) is 18.5 Å². The van der Waals surface area contributed by atoms with E-state index < -0.39 is 0 Å². The predicted octanol–water partition coefficient (Wildman–Crippen LogP) is 2.32. The number of amides is 1. The van der Waals surface area contributed by atoms with E-state index in [4.69, 9.17) is 16.3 Å². The summed E-state index contributed by atoms with van der Waals surface area (Å²) < 4.78 is 7.48. The van der Waals surface area contributed by atoms with Gasteiger partial charge in [-0.1, -0.05) is 18.5 Å². The summed E-state index contributed by atoms with van der Waals surface area (Å²) in [6, 6.07) is 1.63. The molecule has 4 heterocycles. The van der Waals surface area contributed by atoms with E-state index in [0.29, 0.717) is 36.6 Å². The zero-order chi connectivity index (χ0) is 17.7. The van der Waals surface area contributed by atoms with Crippen LogP contribution in [0.15, 0.2) is 23.3 Å². The van der Waals surface area contributed by atoms with E-state index in [0.717, 1.165) is 6.42 Å². The van der Waals surface area contributed by atoms with E-state index in [2.05, 4.69) is 11.9 Å². The second-order valence-electron chi connectivity index (χ2n) is 6.87. The van der Waals surface area contributed by atoms with Crippen LogP contribution >= 0.6 is 11.6 Å². The molecule has 1 amide bonds. The van der Waals surface area contributed by atoms with Gasteiger partial charge >= 0.3 is 0 Å². The summed E-state index contributed by atoms with van der Waals surface area (Å²) in [5, 5.41) is 0.679. The lowest BCUT2D eigenvalue weighted by atomic mass is 10.0. The number of morpholine rings is 1. The minimum absolute atomic E-state index is 0.0393. The van der Waals surface area contributed by atoms with Crippen molar-refractivity contribution in [1.82, 2.24) is 14.5 Å². The van der Waals surface area contributed by atoms with Crippen molar-refractivity contribution < 1.29 is 9.53 Å². The van der Waals surface area contributed by atoms with E-state index in [9.17, 15) is 9.59 Å². The number of rotatable bonds is 2. The van der Waals surface area contributed by atoms with Crippen LogP contribution in [-0.2, 0) is 11.3 Å². The molecule has 0 aromatic carbocycles. The Hall–Kier alpha value is -1.92. The highest BCUT2D eigenvalue weighted by molar-refractivity contribution is 6.30. The molecular formula is C18H20ClN3O3. The van der Waals surface area contributed by atoms with Crippen molar-refractivity contribution in [3.63, 3.8) is 0 Å². The molecule has 2 aliphatic rings. The van der Waals surface area contributed by atoms with Gasteiger partial charge in [-0.15, -0.1) is 0 Å². The number of aryl methyl sites for hydroxylation is 1. The van der Waals surface area contributed by atoms with E-state index in [1.807, 2.05) is 16.4 Å². The van der Waals surface area contributed by atoms with E-state index in [-0.39, 0.29) is 34.1 Å². The zero-order valence-electron chi connectivity index (χ0n) is 14.2. The molecule has 2 fully saturated rings. The molecular weight excluding hydrogens is 342 g/mol. The summed E-state index contributed by atoms with van der Waals surface area (Å²) in [5.74, 6) is 0.175. The number of hydrogen-bond acceptors (Lipinski definition) is 4. The highest BCUT2D eigenvalue weighted by Gasteiger charge is 2.45. The fourth-order valence-corrected chi connectivity index (χ4v) is 4.25. The fourth-order valence-electron chi connectivity index (χ4n) is 4.09. The van der Waals surface area contributed by atoms with Crippen molar-refractivity contribution in [2.45, 2.75) is 38.9 Å². The van der Waals surface area contributed by atoms with Crippen molar-refractivity contribution in [3.05, 3.63) is 39.4 Å². The van der Waals surface area contributed by atoms with Crippen LogP contribution in [0.2, 0.25) is 5.15 Å². The fraction of sp³-hybridized carbons (Fsp3) is 0.500. The second kappa shape index (κ2) is 6.11. The van der Waals surface area contributed by atoms with E-state index in [1.165, 1.54) is 0 Å². The molecule has 0 spiro atoms. The second-order valence-corrected chi connectivity index (χ2v) is 7.25. The molecule has 2 aromatic rings. The topological polar surface area (TPSA) is 64.4 Å². The van der Waals surface area contributed by atoms with E-state index >= 15 is 0 Å². The van der Waals surface area contributed by atoms with Crippen LogP contribution in [0.4, 0.5) is 0 Å². The lowest BCUT2D eigenvalue weighted by molar-refractivity contribution is -0.0112. The Morgan fingerprint density at radius 3 is 2.96 bits per heavy atom. The monoisotopic (exact) mass is 361 g/mol. The first-order chi connectivity index (χ1) is 12.0. The molecule has 25 heavy (non-hydrogen) atoms. The van der Waals surface area contributed by atoms with Gasteiger partial charge in [-0.2, -0.15) is 0 Å². The Morgan fingerprint density at radius 2 is 2.24 bits per heavy atom. The lowest BCUT2D eigenvalue weighted by Crippen LogP contribution is -2.51. The summed E-state index contributed by atoms with van der Waals surface area (Å²) in [4.78, 5) is 32.1. The van der Waals surface area contributed by atoms with Gasteiger partial charge in [0.2, 0.25) is 5.43 Å². The molecule has 3 unspecified atom stereocenters. The minimum Gasteiger partial charge on any atom is -0.377 e. The number of ether oxygens (including phenoxy) is 1. The normalized spacial score (nSPS) is 25.6.